The van der Waals surface area contributed by atoms with Gasteiger partial charge in [0.2, 0.25) is 0 Å². The van der Waals surface area contributed by atoms with Crippen LogP contribution in [-0.4, -0.2) is 39.2 Å². The van der Waals surface area contributed by atoms with Crippen LogP contribution in [0.5, 0.6) is 0 Å². The molecule has 0 aromatic carbocycles. The minimum Gasteiger partial charge on any atom is -0.301 e. The molecule has 0 N–H and O–H groups in total. The highest BCUT2D eigenvalue weighted by Gasteiger charge is 2.42. The Bertz CT molecular complexity index is 197. The van der Waals surface area contributed by atoms with Crippen molar-refractivity contribution in [3.63, 3.8) is 0 Å². The summed E-state index contributed by atoms with van der Waals surface area (Å²) in [6.45, 7) is 8.54. The molecule has 2 fully saturated rings. The Morgan fingerprint density at radius 2 is 1.71 bits per heavy atom. The fourth-order valence-electron chi connectivity index (χ4n) is 2.85. The summed E-state index contributed by atoms with van der Waals surface area (Å²) in [5, 5.41) is 0. The summed E-state index contributed by atoms with van der Waals surface area (Å²) in [4.78, 5) is 2.62. The summed E-state index contributed by atoms with van der Waals surface area (Å²) < 4.78 is 2.59. The third-order valence-corrected chi connectivity index (χ3v) is 5.48. The number of hydrogen-bond donors (Lipinski definition) is 0. The van der Waals surface area contributed by atoms with E-state index in [0.717, 1.165) is 6.04 Å². The van der Waals surface area contributed by atoms with E-state index in [-0.39, 0.29) is 0 Å². The lowest BCUT2D eigenvalue weighted by Gasteiger charge is -2.43. The maximum absolute atomic E-state index is 2.62. The van der Waals surface area contributed by atoms with Crippen molar-refractivity contribution in [2.75, 3.05) is 19.6 Å². The first-order valence-electron chi connectivity index (χ1n) is 5.81. The first-order valence-corrected chi connectivity index (χ1v) is 6.78. The van der Waals surface area contributed by atoms with Crippen LogP contribution in [0.2, 0.25) is 0 Å². The van der Waals surface area contributed by atoms with Crippen molar-refractivity contribution in [3.05, 3.63) is 0 Å². The lowest BCUT2D eigenvalue weighted by atomic mass is 9.86. The van der Waals surface area contributed by atoms with Gasteiger partial charge in [-0.25, -0.2) is 3.11 Å². The number of halogens is 1. The molecular weight excluding hydrogens is 287 g/mol. The van der Waals surface area contributed by atoms with Gasteiger partial charge in [-0.2, -0.15) is 0 Å². The molecule has 2 aliphatic heterocycles. The predicted molar refractivity (Wildman–Crippen MR) is 68.6 cm³/mol. The van der Waals surface area contributed by atoms with Crippen LogP contribution in [0.3, 0.4) is 0 Å². The first-order chi connectivity index (χ1) is 6.64. The molecule has 0 aliphatic carbocycles. The van der Waals surface area contributed by atoms with Crippen LogP contribution in [0, 0.1) is 0 Å². The van der Waals surface area contributed by atoms with Crippen molar-refractivity contribution in [1.29, 1.82) is 0 Å². The monoisotopic (exact) mass is 308 g/mol. The maximum atomic E-state index is 2.62. The summed E-state index contributed by atoms with van der Waals surface area (Å²) in [6.07, 6.45) is 5.61. The molecule has 2 aliphatic rings. The van der Waals surface area contributed by atoms with E-state index >= 15 is 0 Å². The number of likely N-dealkylation sites (tertiary alicyclic amines) is 1. The van der Waals surface area contributed by atoms with Crippen molar-refractivity contribution in [2.24, 2.45) is 0 Å². The largest absolute Gasteiger partial charge is 0.301 e. The zero-order chi connectivity index (χ0) is 10.2. The van der Waals surface area contributed by atoms with E-state index < -0.39 is 0 Å². The Morgan fingerprint density at radius 1 is 1.07 bits per heavy atom. The number of hydrogen-bond acceptors (Lipinski definition) is 2. The molecule has 0 bridgehead atoms. The Morgan fingerprint density at radius 3 is 2.14 bits per heavy atom. The molecule has 0 aromatic heterocycles. The van der Waals surface area contributed by atoms with Crippen molar-refractivity contribution in [3.8, 4) is 0 Å². The second-order valence-corrected chi connectivity index (χ2v) is 6.21. The van der Waals surface area contributed by atoms with Gasteiger partial charge in [0.05, 0.1) is 0 Å². The zero-order valence-corrected chi connectivity index (χ0v) is 11.5. The molecule has 1 spiro atoms. The van der Waals surface area contributed by atoms with Crippen LogP contribution in [0.25, 0.3) is 0 Å². The van der Waals surface area contributed by atoms with E-state index in [2.05, 4.69) is 44.7 Å². The van der Waals surface area contributed by atoms with Crippen LogP contribution >= 0.6 is 22.9 Å². The van der Waals surface area contributed by atoms with E-state index in [1.807, 2.05) is 0 Å². The summed E-state index contributed by atoms with van der Waals surface area (Å²) in [7, 11) is 0. The molecule has 0 saturated carbocycles. The quantitative estimate of drug-likeness (QED) is 0.543. The number of rotatable bonds is 1. The highest BCUT2D eigenvalue weighted by Crippen LogP contribution is 2.40. The molecule has 2 saturated heterocycles. The van der Waals surface area contributed by atoms with Crippen molar-refractivity contribution in [1.82, 2.24) is 8.01 Å². The lowest BCUT2D eigenvalue weighted by Crippen LogP contribution is -2.50. The van der Waals surface area contributed by atoms with Gasteiger partial charge in [0.25, 0.3) is 0 Å². The van der Waals surface area contributed by atoms with Gasteiger partial charge in [0.15, 0.2) is 0 Å². The van der Waals surface area contributed by atoms with E-state index in [1.165, 1.54) is 45.3 Å². The van der Waals surface area contributed by atoms with Gasteiger partial charge in [-0.1, -0.05) is 0 Å². The van der Waals surface area contributed by atoms with Crippen LogP contribution in [0.15, 0.2) is 0 Å². The van der Waals surface area contributed by atoms with E-state index in [9.17, 15) is 0 Å². The average molecular weight is 308 g/mol. The highest BCUT2D eigenvalue weighted by molar-refractivity contribution is 14.1. The number of piperidine rings is 1. The van der Waals surface area contributed by atoms with Crippen LogP contribution in [0.1, 0.15) is 39.5 Å². The standard InChI is InChI=1S/C11H21IN2/c1-10(2)13-8-5-11(6-9-13)4-3-7-14(11)12/h10H,3-9H2,1-2H3. The maximum Gasteiger partial charge on any atom is 0.0330 e. The van der Waals surface area contributed by atoms with Crippen LogP contribution < -0.4 is 0 Å². The summed E-state index contributed by atoms with van der Waals surface area (Å²) in [5.74, 6) is 0. The molecule has 2 nitrogen and oxygen atoms in total. The average Bonchev–Trinajstić information content (AvgIpc) is 2.49. The molecule has 0 amide bonds. The molecule has 2 rings (SSSR count). The molecule has 0 atom stereocenters. The Labute approximate surface area is 102 Å². The van der Waals surface area contributed by atoms with Gasteiger partial charge in [-0.15, -0.1) is 0 Å². The molecule has 82 valence electrons. The van der Waals surface area contributed by atoms with Gasteiger partial charge in [-0.05, 0) is 39.5 Å². The third-order valence-electron chi connectivity index (χ3n) is 3.97. The summed E-state index contributed by atoms with van der Waals surface area (Å²) in [5.41, 5.74) is 0.575. The molecular formula is C11H21IN2. The molecule has 14 heavy (non-hydrogen) atoms. The molecule has 0 aromatic rings. The van der Waals surface area contributed by atoms with Gasteiger partial charge in [0, 0.05) is 54.1 Å². The smallest absolute Gasteiger partial charge is 0.0330 e. The summed E-state index contributed by atoms with van der Waals surface area (Å²) in [6, 6.07) is 0.733. The van der Waals surface area contributed by atoms with E-state index in [4.69, 9.17) is 0 Å². The Balaban J connectivity index is 1.94. The van der Waals surface area contributed by atoms with Gasteiger partial charge in [-0.3, -0.25) is 0 Å². The van der Waals surface area contributed by atoms with Gasteiger partial charge in [0.1, 0.15) is 0 Å². The second kappa shape index (κ2) is 4.26. The zero-order valence-electron chi connectivity index (χ0n) is 9.30. The van der Waals surface area contributed by atoms with Crippen molar-refractivity contribution < 1.29 is 0 Å². The topological polar surface area (TPSA) is 6.48 Å². The number of nitrogens with zero attached hydrogens (tertiary/aromatic N) is 2. The molecule has 0 radical (unpaired) electrons. The van der Waals surface area contributed by atoms with Gasteiger partial charge >= 0.3 is 0 Å². The van der Waals surface area contributed by atoms with Crippen LogP contribution in [0.4, 0.5) is 0 Å². The van der Waals surface area contributed by atoms with Gasteiger partial charge < -0.3 is 4.90 Å². The Hall–Kier alpha value is 0.650. The Kier molecular flexibility index (Phi) is 3.39. The molecule has 3 heteroatoms. The van der Waals surface area contributed by atoms with E-state index in [1.54, 1.807) is 0 Å². The molecule has 0 unspecified atom stereocenters. The van der Waals surface area contributed by atoms with Crippen LogP contribution in [-0.2, 0) is 0 Å². The normalized spacial score (nSPS) is 29.1. The molecule has 2 heterocycles. The lowest BCUT2D eigenvalue weighted by molar-refractivity contribution is 0.0955. The minimum absolute atomic E-state index is 0.575. The third kappa shape index (κ3) is 1.95. The van der Waals surface area contributed by atoms with Crippen molar-refractivity contribution in [2.45, 2.75) is 51.1 Å². The van der Waals surface area contributed by atoms with E-state index in [0.29, 0.717) is 5.54 Å². The van der Waals surface area contributed by atoms with Crippen molar-refractivity contribution >= 4 is 22.9 Å². The first kappa shape index (κ1) is 11.1. The predicted octanol–water partition coefficient (Wildman–Crippen LogP) is 2.68. The SMILES string of the molecule is CC(C)N1CCC2(CCCN2I)CC1. The highest BCUT2D eigenvalue weighted by atomic mass is 127. The minimum atomic E-state index is 0.575. The fraction of sp³-hybridized carbons (Fsp3) is 1.00. The second-order valence-electron chi connectivity index (χ2n) is 5.04. The summed E-state index contributed by atoms with van der Waals surface area (Å²) >= 11 is 2.54. The fourth-order valence-corrected chi connectivity index (χ4v) is 3.92.